The van der Waals surface area contributed by atoms with Crippen molar-refractivity contribution in [1.82, 2.24) is 10.1 Å². The summed E-state index contributed by atoms with van der Waals surface area (Å²) < 4.78 is 36.9. The standard InChI is InChI=1S/C20H22F2N2O3/c21-15-5-6-19(17(22)9-15)26-12-16-10-18(23-27-16)20(25)24-8-7-13-3-1-2-4-14(13)11-24/h5-6,9-10,13-14H,1-4,7-8,11-12H2/t13-,14-/m0/s1. The van der Waals surface area contributed by atoms with E-state index in [4.69, 9.17) is 9.26 Å². The first-order valence-electron chi connectivity index (χ1n) is 9.43. The number of aromatic nitrogens is 1. The maximum atomic E-state index is 13.6. The second-order valence-electron chi connectivity index (χ2n) is 7.39. The molecule has 1 saturated heterocycles. The minimum Gasteiger partial charge on any atom is -0.482 e. The van der Waals surface area contributed by atoms with Gasteiger partial charge in [0.15, 0.2) is 23.0 Å². The van der Waals surface area contributed by atoms with Crippen LogP contribution in [0.1, 0.15) is 48.4 Å². The Balaban J connectivity index is 1.36. The highest BCUT2D eigenvalue weighted by Gasteiger charge is 2.34. The van der Waals surface area contributed by atoms with Gasteiger partial charge >= 0.3 is 0 Å². The number of halogens is 2. The van der Waals surface area contributed by atoms with Gasteiger partial charge in [0.2, 0.25) is 0 Å². The summed E-state index contributed by atoms with van der Waals surface area (Å²) in [4.78, 5) is 14.6. The molecule has 0 unspecified atom stereocenters. The highest BCUT2D eigenvalue weighted by atomic mass is 19.1. The van der Waals surface area contributed by atoms with Crippen LogP contribution in [0.4, 0.5) is 8.78 Å². The van der Waals surface area contributed by atoms with Gasteiger partial charge in [0.25, 0.3) is 5.91 Å². The second kappa shape index (κ2) is 7.66. The molecule has 4 rings (SSSR count). The van der Waals surface area contributed by atoms with Crippen molar-refractivity contribution < 1.29 is 22.8 Å². The molecule has 144 valence electrons. The number of rotatable bonds is 4. The van der Waals surface area contributed by atoms with Crippen molar-refractivity contribution in [3.8, 4) is 5.75 Å². The van der Waals surface area contributed by atoms with Gasteiger partial charge in [0, 0.05) is 25.2 Å². The first-order chi connectivity index (χ1) is 13.1. The maximum Gasteiger partial charge on any atom is 0.276 e. The first kappa shape index (κ1) is 17.9. The molecule has 5 nitrogen and oxygen atoms in total. The van der Waals surface area contributed by atoms with Gasteiger partial charge in [-0.05, 0) is 36.8 Å². The van der Waals surface area contributed by atoms with Crippen LogP contribution in [0.3, 0.4) is 0 Å². The highest BCUT2D eigenvalue weighted by molar-refractivity contribution is 5.92. The van der Waals surface area contributed by atoms with Crippen LogP contribution in [0, 0.1) is 23.5 Å². The van der Waals surface area contributed by atoms with E-state index in [-0.39, 0.29) is 24.0 Å². The summed E-state index contributed by atoms with van der Waals surface area (Å²) in [6.45, 7) is 1.44. The number of nitrogens with zero attached hydrogens (tertiary/aromatic N) is 2. The fraction of sp³-hybridized carbons (Fsp3) is 0.500. The molecule has 1 aliphatic carbocycles. The molecular weight excluding hydrogens is 354 g/mol. The van der Waals surface area contributed by atoms with Gasteiger partial charge in [-0.3, -0.25) is 4.79 Å². The summed E-state index contributed by atoms with van der Waals surface area (Å²) in [7, 11) is 0. The van der Waals surface area contributed by atoms with Crippen LogP contribution in [-0.2, 0) is 6.61 Å². The Bertz CT molecular complexity index is 823. The Kier molecular flexibility index (Phi) is 5.09. The van der Waals surface area contributed by atoms with E-state index in [1.54, 1.807) is 0 Å². The Morgan fingerprint density at radius 3 is 2.81 bits per heavy atom. The molecule has 2 aliphatic rings. The van der Waals surface area contributed by atoms with Crippen LogP contribution in [-0.4, -0.2) is 29.1 Å². The Morgan fingerprint density at radius 2 is 2.00 bits per heavy atom. The molecule has 7 heteroatoms. The van der Waals surface area contributed by atoms with Crippen molar-refractivity contribution in [3.05, 3.63) is 47.4 Å². The molecule has 1 saturated carbocycles. The van der Waals surface area contributed by atoms with Crippen LogP contribution in [0.5, 0.6) is 5.75 Å². The number of ether oxygens (including phenoxy) is 1. The summed E-state index contributed by atoms with van der Waals surface area (Å²) in [6.07, 6.45) is 6.06. The van der Waals surface area contributed by atoms with Gasteiger partial charge in [0.1, 0.15) is 12.4 Å². The number of amides is 1. The predicted molar refractivity (Wildman–Crippen MR) is 93.2 cm³/mol. The molecule has 2 heterocycles. The van der Waals surface area contributed by atoms with Crippen LogP contribution < -0.4 is 4.74 Å². The summed E-state index contributed by atoms with van der Waals surface area (Å²) in [5.74, 6) is -0.0331. The molecule has 2 aromatic rings. The average molecular weight is 376 g/mol. The second-order valence-corrected chi connectivity index (χ2v) is 7.39. The smallest absolute Gasteiger partial charge is 0.276 e. The van der Waals surface area contributed by atoms with Gasteiger partial charge in [-0.1, -0.05) is 24.4 Å². The molecule has 1 aromatic carbocycles. The Morgan fingerprint density at radius 1 is 1.19 bits per heavy atom. The topological polar surface area (TPSA) is 55.6 Å². The molecule has 0 N–H and O–H groups in total. The third-order valence-corrected chi connectivity index (χ3v) is 5.62. The van der Waals surface area contributed by atoms with E-state index in [2.05, 4.69) is 5.16 Å². The van der Waals surface area contributed by atoms with E-state index in [9.17, 15) is 13.6 Å². The van der Waals surface area contributed by atoms with Crippen molar-refractivity contribution in [3.63, 3.8) is 0 Å². The van der Waals surface area contributed by atoms with Crippen molar-refractivity contribution in [2.45, 2.75) is 38.7 Å². The van der Waals surface area contributed by atoms with Crippen LogP contribution >= 0.6 is 0 Å². The van der Waals surface area contributed by atoms with Gasteiger partial charge in [-0.25, -0.2) is 8.78 Å². The lowest BCUT2D eigenvalue weighted by atomic mass is 9.75. The monoisotopic (exact) mass is 376 g/mol. The van der Waals surface area contributed by atoms with Crippen LogP contribution in [0.25, 0.3) is 0 Å². The summed E-state index contributed by atoms with van der Waals surface area (Å²) in [6, 6.07) is 4.60. The zero-order valence-corrected chi connectivity index (χ0v) is 15.0. The number of hydrogen-bond acceptors (Lipinski definition) is 4. The van der Waals surface area contributed by atoms with Gasteiger partial charge < -0.3 is 14.2 Å². The molecule has 0 radical (unpaired) electrons. The molecular formula is C20H22F2N2O3. The third kappa shape index (κ3) is 3.96. The van der Waals surface area contributed by atoms with Crippen molar-refractivity contribution >= 4 is 5.91 Å². The largest absolute Gasteiger partial charge is 0.482 e. The zero-order valence-electron chi connectivity index (χ0n) is 15.0. The predicted octanol–water partition coefficient (Wildman–Crippen LogP) is 4.18. The number of piperidine rings is 1. The lowest BCUT2D eigenvalue weighted by molar-refractivity contribution is 0.0511. The molecule has 2 atom stereocenters. The zero-order chi connectivity index (χ0) is 18.8. The van der Waals surface area contributed by atoms with Crippen LogP contribution in [0.15, 0.2) is 28.8 Å². The Hall–Kier alpha value is -2.44. The highest BCUT2D eigenvalue weighted by Crippen LogP contribution is 2.36. The van der Waals surface area contributed by atoms with Crippen molar-refractivity contribution in [2.75, 3.05) is 13.1 Å². The molecule has 1 aliphatic heterocycles. The normalized spacial score (nSPS) is 22.4. The van der Waals surface area contributed by atoms with E-state index in [1.165, 1.54) is 37.8 Å². The minimum atomic E-state index is -0.791. The number of carbonyl (C=O) groups excluding carboxylic acids is 1. The molecule has 1 aromatic heterocycles. The van der Waals surface area contributed by atoms with E-state index < -0.39 is 11.6 Å². The van der Waals surface area contributed by atoms with Gasteiger partial charge in [-0.15, -0.1) is 0 Å². The summed E-state index contributed by atoms with van der Waals surface area (Å²) >= 11 is 0. The first-order valence-corrected chi connectivity index (χ1v) is 9.43. The molecule has 0 bridgehead atoms. The fourth-order valence-electron chi connectivity index (χ4n) is 4.17. The minimum absolute atomic E-state index is 0.0833. The molecule has 2 fully saturated rings. The van der Waals surface area contributed by atoms with Crippen molar-refractivity contribution in [2.24, 2.45) is 11.8 Å². The average Bonchev–Trinajstić information content (AvgIpc) is 3.15. The number of hydrogen-bond donors (Lipinski definition) is 0. The number of benzene rings is 1. The SMILES string of the molecule is O=C(c1cc(COc2ccc(F)cc2F)on1)N1CC[C@@H]2CCCC[C@H]2C1. The van der Waals surface area contributed by atoms with Crippen LogP contribution in [0.2, 0.25) is 0 Å². The fourth-order valence-corrected chi connectivity index (χ4v) is 4.17. The number of carbonyl (C=O) groups is 1. The lowest BCUT2D eigenvalue weighted by Crippen LogP contribution is -2.44. The van der Waals surface area contributed by atoms with Gasteiger partial charge in [-0.2, -0.15) is 0 Å². The van der Waals surface area contributed by atoms with E-state index in [0.717, 1.165) is 37.6 Å². The summed E-state index contributed by atoms with van der Waals surface area (Å²) in [5.41, 5.74) is 0.238. The summed E-state index contributed by atoms with van der Waals surface area (Å²) in [5, 5.41) is 3.84. The number of fused-ring (bicyclic) bond motifs is 1. The van der Waals surface area contributed by atoms with Crippen molar-refractivity contribution in [1.29, 1.82) is 0 Å². The molecule has 0 spiro atoms. The molecule has 1 amide bonds. The molecule has 27 heavy (non-hydrogen) atoms. The quantitative estimate of drug-likeness (QED) is 0.803. The third-order valence-electron chi connectivity index (χ3n) is 5.62. The number of likely N-dealkylation sites (tertiary alicyclic amines) is 1. The van der Waals surface area contributed by atoms with E-state index in [1.807, 2.05) is 4.90 Å². The maximum absolute atomic E-state index is 13.6. The van der Waals surface area contributed by atoms with E-state index in [0.29, 0.717) is 11.7 Å². The van der Waals surface area contributed by atoms with Gasteiger partial charge in [0.05, 0.1) is 0 Å². The van der Waals surface area contributed by atoms with E-state index >= 15 is 0 Å². The Labute approximate surface area is 156 Å². The lowest BCUT2D eigenvalue weighted by Gasteiger charge is -2.41.